The summed E-state index contributed by atoms with van der Waals surface area (Å²) in [4.78, 5) is 6.56. The number of aryl methyl sites for hydroxylation is 1. The van der Waals surface area contributed by atoms with Crippen LogP contribution >= 0.6 is 0 Å². The summed E-state index contributed by atoms with van der Waals surface area (Å²) in [6.07, 6.45) is -5.12. The van der Waals surface area contributed by atoms with Gasteiger partial charge in [0.15, 0.2) is 11.8 Å². The van der Waals surface area contributed by atoms with Crippen molar-refractivity contribution in [2.45, 2.75) is 26.1 Å². The number of aliphatic imine (C=N–C) groups is 1. The molecule has 1 aliphatic heterocycles. The molecule has 1 aromatic heterocycles. The summed E-state index contributed by atoms with van der Waals surface area (Å²) >= 11 is 0. The van der Waals surface area contributed by atoms with Gasteiger partial charge in [0.05, 0.1) is 19.6 Å². The smallest absolute Gasteiger partial charge is 0.379 e. The van der Waals surface area contributed by atoms with Crippen molar-refractivity contribution in [1.29, 1.82) is 0 Å². The van der Waals surface area contributed by atoms with Gasteiger partial charge in [-0.05, 0) is 6.92 Å². The van der Waals surface area contributed by atoms with Crippen molar-refractivity contribution >= 4 is 5.96 Å². The van der Waals surface area contributed by atoms with Gasteiger partial charge in [0.2, 0.25) is 0 Å². The fourth-order valence-corrected chi connectivity index (χ4v) is 2.39. The molecule has 2 N–H and O–H groups in total. The first kappa shape index (κ1) is 20.4. The number of aromatic nitrogens is 3. The Morgan fingerprint density at radius 1 is 1.19 bits per heavy atom. The zero-order valence-electron chi connectivity index (χ0n) is 15.1. The molecule has 2 rings (SSSR count). The number of halogens is 3. The molecular formula is C15H26F3N7O. The number of nitrogens with zero attached hydrogens (tertiary/aromatic N) is 5. The number of hydrogen-bond acceptors (Lipinski definition) is 5. The second kappa shape index (κ2) is 9.72. The van der Waals surface area contributed by atoms with Crippen molar-refractivity contribution in [2.75, 3.05) is 45.9 Å². The number of alkyl halides is 3. The molecule has 0 bridgehead atoms. The maximum atomic E-state index is 12.4. The Bertz CT molecular complexity index is 582. The van der Waals surface area contributed by atoms with E-state index in [1.165, 1.54) is 0 Å². The first-order valence-corrected chi connectivity index (χ1v) is 8.59. The maximum Gasteiger partial charge on any atom is 0.390 e. The minimum Gasteiger partial charge on any atom is -0.379 e. The van der Waals surface area contributed by atoms with Gasteiger partial charge in [0.1, 0.15) is 12.4 Å². The number of hydrogen-bond donors (Lipinski definition) is 2. The summed E-state index contributed by atoms with van der Waals surface area (Å²) in [7, 11) is 1.82. The standard InChI is InChI=1S/C15H26F3N7O/c1-12-22-23-13(24(12)2)11-21-14(19-4-3-15(16,17)18)20-5-6-25-7-9-26-10-8-25/h3-11H2,1-2H3,(H2,19,20,21). The molecule has 2 heterocycles. The minimum atomic E-state index is -4.20. The van der Waals surface area contributed by atoms with Crippen molar-refractivity contribution < 1.29 is 17.9 Å². The lowest BCUT2D eigenvalue weighted by molar-refractivity contribution is -0.132. The van der Waals surface area contributed by atoms with Gasteiger partial charge in [-0.3, -0.25) is 4.90 Å². The summed E-state index contributed by atoms with van der Waals surface area (Å²) in [6.45, 7) is 6.29. The summed E-state index contributed by atoms with van der Waals surface area (Å²) < 4.78 is 44.2. The molecule has 1 saturated heterocycles. The van der Waals surface area contributed by atoms with E-state index >= 15 is 0 Å². The quantitative estimate of drug-likeness (QED) is 0.530. The van der Waals surface area contributed by atoms with Gasteiger partial charge in [-0.25, -0.2) is 4.99 Å². The van der Waals surface area contributed by atoms with Crippen LogP contribution in [0.3, 0.4) is 0 Å². The van der Waals surface area contributed by atoms with Gasteiger partial charge in [0, 0.05) is 39.8 Å². The molecule has 148 valence electrons. The van der Waals surface area contributed by atoms with Crippen LogP contribution in [0, 0.1) is 6.92 Å². The summed E-state index contributed by atoms with van der Waals surface area (Å²) in [6, 6.07) is 0. The van der Waals surface area contributed by atoms with Crippen LogP contribution in [0.1, 0.15) is 18.1 Å². The lowest BCUT2D eigenvalue weighted by atomic mass is 10.4. The van der Waals surface area contributed by atoms with Crippen LogP contribution in [-0.4, -0.2) is 77.7 Å². The Morgan fingerprint density at radius 2 is 1.88 bits per heavy atom. The molecule has 0 aliphatic carbocycles. The highest BCUT2D eigenvalue weighted by Crippen LogP contribution is 2.18. The van der Waals surface area contributed by atoms with E-state index in [0.717, 1.165) is 25.5 Å². The average molecular weight is 377 g/mol. The summed E-state index contributed by atoms with van der Waals surface area (Å²) in [5, 5.41) is 13.8. The van der Waals surface area contributed by atoms with Gasteiger partial charge < -0.3 is 19.9 Å². The fourth-order valence-electron chi connectivity index (χ4n) is 2.39. The van der Waals surface area contributed by atoms with Crippen LogP contribution in [0.25, 0.3) is 0 Å². The number of rotatable bonds is 7. The predicted octanol–water partition coefficient (Wildman–Crippen LogP) is 0.443. The van der Waals surface area contributed by atoms with Crippen LogP contribution in [0.5, 0.6) is 0 Å². The van der Waals surface area contributed by atoms with Crippen LogP contribution in [0.15, 0.2) is 4.99 Å². The zero-order valence-corrected chi connectivity index (χ0v) is 15.1. The normalized spacial score (nSPS) is 16.7. The van der Waals surface area contributed by atoms with Crippen molar-refractivity contribution in [3.63, 3.8) is 0 Å². The third-order valence-electron chi connectivity index (χ3n) is 4.09. The highest BCUT2D eigenvalue weighted by molar-refractivity contribution is 5.79. The second-order valence-corrected chi connectivity index (χ2v) is 6.06. The van der Waals surface area contributed by atoms with Crippen LogP contribution in [0.2, 0.25) is 0 Å². The molecular weight excluding hydrogens is 351 g/mol. The molecule has 0 aromatic carbocycles. The van der Waals surface area contributed by atoms with Crippen molar-refractivity contribution in [1.82, 2.24) is 30.3 Å². The summed E-state index contributed by atoms with van der Waals surface area (Å²) in [5.74, 6) is 1.73. The minimum absolute atomic E-state index is 0.231. The molecule has 11 heteroatoms. The van der Waals surface area contributed by atoms with E-state index in [4.69, 9.17) is 4.74 Å². The van der Waals surface area contributed by atoms with Crippen molar-refractivity contribution in [2.24, 2.45) is 12.0 Å². The van der Waals surface area contributed by atoms with Crippen molar-refractivity contribution in [3.05, 3.63) is 11.6 Å². The number of guanidine groups is 1. The third kappa shape index (κ3) is 7.16. The molecule has 1 aliphatic rings. The Hall–Kier alpha value is -1.88. The Kier molecular flexibility index (Phi) is 7.64. The van der Waals surface area contributed by atoms with E-state index in [2.05, 4.69) is 30.7 Å². The molecule has 0 amide bonds. The first-order valence-electron chi connectivity index (χ1n) is 8.59. The van der Waals surface area contributed by atoms with Crippen LogP contribution in [-0.2, 0) is 18.3 Å². The highest BCUT2D eigenvalue weighted by Gasteiger charge is 2.26. The SMILES string of the molecule is Cc1nnc(CN=C(NCCN2CCOCC2)NCCC(F)(F)F)n1C. The molecule has 1 fully saturated rings. The Morgan fingerprint density at radius 3 is 2.50 bits per heavy atom. The lowest BCUT2D eigenvalue weighted by Crippen LogP contribution is -2.45. The van der Waals surface area contributed by atoms with Gasteiger partial charge in [-0.1, -0.05) is 0 Å². The average Bonchev–Trinajstić information content (AvgIpc) is 2.91. The zero-order chi connectivity index (χ0) is 19.0. The van der Waals surface area contributed by atoms with E-state index in [1.807, 2.05) is 14.0 Å². The monoisotopic (exact) mass is 377 g/mol. The lowest BCUT2D eigenvalue weighted by Gasteiger charge is -2.26. The predicted molar refractivity (Wildman–Crippen MR) is 90.8 cm³/mol. The Balaban J connectivity index is 1.86. The Labute approximate surface area is 150 Å². The number of ether oxygens (including phenoxy) is 1. The maximum absolute atomic E-state index is 12.4. The van der Waals surface area contributed by atoms with Crippen LogP contribution < -0.4 is 10.6 Å². The number of morpholine rings is 1. The van der Waals surface area contributed by atoms with E-state index in [9.17, 15) is 13.2 Å². The molecule has 0 saturated carbocycles. The van der Waals surface area contributed by atoms with E-state index in [1.54, 1.807) is 4.57 Å². The number of nitrogens with one attached hydrogen (secondary N) is 2. The first-order chi connectivity index (χ1) is 12.3. The van der Waals surface area contributed by atoms with Crippen LogP contribution in [0.4, 0.5) is 13.2 Å². The fraction of sp³-hybridized carbons (Fsp3) is 0.800. The van der Waals surface area contributed by atoms with E-state index in [0.29, 0.717) is 31.5 Å². The molecule has 26 heavy (non-hydrogen) atoms. The molecule has 1 aromatic rings. The highest BCUT2D eigenvalue weighted by atomic mass is 19.4. The topological polar surface area (TPSA) is 79.6 Å². The van der Waals surface area contributed by atoms with Gasteiger partial charge >= 0.3 is 6.18 Å². The molecule has 8 nitrogen and oxygen atoms in total. The van der Waals surface area contributed by atoms with Crippen molar-refractivity contribution in [3.8, 4) is 0 Å². The largest absolute Gasteiger partial charge is 0.390 e. The van der Waals surface area contributed by atoms with E-state index < -0.39 is 12.6 Å². The molecule has 0 radical (unpaired) electrons. The van der Waals surface area contributed by atoms with Gasteiger partial charge in [0.25, 0.3) is 0 Å². The molecule has 0 unspecified atom stereocenters. The summed E-state index contributed by atoms with van der Waals surface area (Å²) in [5.41, 5.74) is 0. The van der Waals surface area contributed by atoms with E-state index in [-0.39, 0.29) is 13.1 Å². The third-order valence-corrected chi connectivity index (χ3v) is 4.09. The molecule has 0 spiro atoms. The van der Waals surface area contributed by atoms with Gasteiger partial charge in [-0.15, -0.1) is 10.2 Å². The molecule has 0 atom stereocenters. The second-order valence-electron chi connectivity index (χ2n) is 6.06. The van der Waals surface area contributed by atoms with Gasteiger partial charge in [-0.2, -0.15) is 13.2 Å².